The highest BCUT2D eigenvalue weighted by Gasteiger charge is 2.10. The third kappa shape index (κ3) is 5.84. The Morgan fingerprint density at radius 1 is 1.21 bits per heavy atom. The van der Waals surface area contributed by atoms with Crippen LogP contribution in [0.2, 0.25) is 0 Å². The van der Waals surface area contributed by atoms with Crippen molar-refractivity contribution in [1.29, 1.82) is 0 Å². The van der Waals surface area contributed by atoms with E-state index >= 15 is 0 Å². The molecule has 0 atom stereocenters. The molecule has 2 N–H and O–H groups in total. The van der Waals surface area contributed by atoms with Crippen LogP contribution in [0.15, 0.2) is 29.2 Å². The molecule has 0 amide bonds. The second-order valence-corrected chi connectivity index (χ2v) is 7.55. The second kappa shape index (κ2) is 8.45. The van der Waals surface area contributed by atoms with Crippen LogP contribution in [0, 0.1) is 0 Å². The number of rotatable bonds is 9. The van der Waals surface area contributed by atoms with Crippen molar-refractivity contribution in [1.82, 2.24) is 0 Å². The summed E-state index contributed by atoms with van der Waals surface area (Å²) in [5.41, 5.74) is 0.929. The summed E-state index contributed by atoms with van der Waals surface area (Å²) in [4.78, 5) is 0.373. The van der Waals surface area contributed by atoms with Crippen molar-refractivity contribution in [3.05, 3.63) is 24.3 Å². The highest BCUT2D eigenvalue weighted by Crippen LogP contribution is 2.15. The van der Waals surface area contributed by atoms with Crippen molar-refractivity contribution in [2.45, 2.75) is 18.2 Å². The Labute approximate surface area is 119 Å². The average molecular weight is 303 g/mol. The zero-order valence-corrected chi connectivity index (χ0v) is 12.8. The van der Waals surface area contributed by atoms with Gasteiger partial charge in [0.2, 0.25) is 0 Å². The van der Waals surface area contributed by atoms with Crippen LogP contribution in [0.25, 0.3) is 0 Å². The Bertz CT molecular complexity index is 457. The monoisotopic (exact) mass is 303 g/mol. The lowest BCUT2D eigenvalue weighted by atomic mass is 10.3. The Morgan fingerprint density at radius 2 is 1.89 bits per heavy atom. The molecule has 0 radical (unpaired) electrons. The van der Waals surface area contributed by atoms with E-state index in [-0.39, 0.29) is 12.4 Å². The molecule has 1 aromatic carbocycles. The van der Waals surface area contributed by atoms with Gasteiger partial charge in [0.1, 0.15) is 0 Å². The summed E-state index contributed by atoms with van der Waals surface area (Å²) in [7, 11) is -3.11. The molecule has 0 bridgehead atoms. The third-order valence-electron chi connectivity index (χ3n) is 2.62. The van der Waals surface area contributed by atoms with E-state index in [0.717, 1.165) is 30.2 Å². The van der Waals surface area contributed by atoms with Crippen molar-refractivity contribution < 1.29 is 13.5 Å². The smallest absolute Gasteiger partial charge is 0.178 e. The lowest BCUT2D eigenvalue weighted by molar-refractivity contribution is 0.296. The largest absolute Gasteiger partial charge is 0.396 e. The van der Waals surface area contributed by atoms with Gasteiger partial charge in [0.15, 0.2) is 9.84 Å². The number of anilines is 1. The summed E-state index contributed by atoms with van der Waals surface area (Å²) in [5.74, 6) is 2.06. The maximum absolute atomic E-state index is 11.6. The average Bonchev–Trinajstić information content (AvgIpc) is 2.43. The Morgan fingerprint density at radius 3 is 2.47 bits per heavy atom. The number of benzene rings is 1. The summed E-state index contributed by atoms with van der Waals surface area (Å²) in [5, 5.41) is 11.9. The maximum Gasteiger partial charge on any atom is 0.178 e. The molecule has 0 saturated carbocycles. The minimum absolute atomic E-state index is 0.126. The molecule has 0 saturated heterocycles. The molecule has 0 unspecified atom stereocenters. The van der Waals surface area contributed by atoms with Crippen LogP contribution in [0.4, 0.5) is 5.69 Å². The second-order valence-electron chi connectivity index (χ2n) is 4.04. The number of hydrogen-bond donors (Lipinski definition) is 2. The first-order valence-corrected chi connectivity index (χ1v) is 9.16. The van der Waals surface area contributed by atoms with Crippen LogP contribution in [0.3, 0.4) is 0 Å². The molecule has 1 aromatic rings. The number of hydrogen-bond acceptors (Lipinski definition) is 5. The maximum atomic E-state index is 11.6. The number of thioether (sulfide) groups is 1. The van der Waals surface area contributed by atoms with Crippen LogP contribution >= 0.6 is 11.8 Å². The fraction of sp³-hybridized carbons (Fsp3) is 0.538. The van der Waals surface area contributed by atoms with Crippen LogP contribution in [0.5, 0.6) is 0 Å². The first-order chi connectivity index (χ1) is 9.10. The van der Waals surface area contributed by atoms with Gasteiger partial charge in [-0.1, -0.05) is 6.92 Å². The van der Waals surface area contributed by atoms with E-state index in [2.05, 4.69) is 5.32 Å². The normalized spacial score (nSPS) is 11.5. The van der Waals surface area contributed by atoms with Crippen molar-refractivity contribution >= 4 is 27.3 Å². The van der Waals surface area contributed by atoms with Crippen molar-refractivity contribution in [3.8, 4) is 0 Å². The Balaban J connectivity index is 2.37. The number of sulfone groups is 1. The zero-order valence-electron chi connectivity index (χ0n) is 11.1. The minimum atomic E-state index is -3.11. The Hall–Kier alpha value is -0.720. The third-order valence-corrected chi connectivity index (χ3v) is 5.44. The lowest BCUT2D eigenvalue weighted by Crippen LogP contribution is -2.06. The molecule has 19 heavy (non-hydrogen) atoms. The molecule has 0 fully saturated rings. The molecule has 6 heteroatoms. The number of aliphatic hydroxyl groups excluding tert-OH is 1. The summed E-state index contributed by atoms with van der Waals surface area (Å²) in [6, 6.07) is 6.86. The SMILES string of the molecule is CCS(=O)(=O)c1ccc(NCCSCCCO)cc1. The van der Waals surface area contributed by atoms with Gasteiger partial charge in [-0.3, -0.25) is 0 Å². The first kappa shape index (κ1) is 16.3. The van der Waals surface area contributed by atoms with E-state index in [9.17, 15) is 8.42 Å². The highest BCUT2D eigenvalue weighted by atomic mass is 32.2. The lowest BCUT2D eigenvalue weighted by Gasteiger charge is -2.07. The van der Waals surface area contributed by atoms with Crippen LogP contribution < -0.4 is 5.32 Å². The first-order valence-electron chi connectivity index (χ1n) is 6.35. The van der Waals surface area contributed by atoms with E-state index < -0.39 is 9.84 Å². The van der Waals surface area contributed by atoms with Gasteiger partial charge in [-0.15, -0.1) is 0 Å². The van der Waals surface area contributed by atoms with Crippen LogP contribution in [-0.2, 0) is 9.84 Å². The molecule has 1 rings (SSSR count). The fourth-order valence-electron chi connectivity index (χ4n) is 1.48. The molecule has 0 spiro atoms. The van der Waals surface area contributed by atoms with Crippen LogP contribution in [-0.4, -0.2) is 43.9 Å². The molecule has 4 nitrogen and oxygen atoms in total. The van der Waals surface area contributed by atoms with Gasteiger partial charge in [0.05, 0.1) is 10.6 Å². The summed E-state index contributed by atoms with van der Waals surface area (Å²) >= 11 is 1.79. The fourth-order valence-corrected chi connectivity index (χ4v) is 3.15. The topological polar surface area (TPSA) is 66.4 Å². The molecule has 0 heterocycles. The molecule has 0 aromatic heterocycles. The molecule has 0 aliphatic heterocycles. The van der Waals surface area contributed by atoms with Gasteiger partial charge in [-0.05, 0) is 36.4 Å². The van der Waals surface area contributed by atoms with Crippen molar-refractivity contribution in [3.63, 3.8) is 0 Å². The van der Waals surface area contributed by atoms with Gasteiger partial charge in [0, 0.05) is 24.6 Å². The quantitative estimate of drug-likeness (QED) is 0.683. The molecular formula is C13H21NO3S2. The zero-order chi connectivity index (χ0) is 14.1. The molecular weight excluding hydrogens is 282 g/mol. The van der Waals surface area contributed by atoms with Gasteiger partial charge in [0.25, 0.3) is 0 Å². The number of aliphatic hydroxyl groups is 1. The number of nitrogens with one attached hydrogen (secondary N) is 1. The van der Waals surface area contributed by atoms with Crippen LogP contribution in [0.1, 0.15) is 13.3 Å². The Kier molecular flexibility index (Phi) is 7.27. The summed E-state index contributed by atoms with van der Waals surface area (Å²) < 4.78 is 23.3. The summed E-state index contributed by atoms with van der Waals surface area (Å²) in [6.07, 6.45) is 0.828. The van der Waals surface area contributed by atoms with E-state index in [1.807, 2.05) is 0 Å². The van der Waals surface area contributed by atoms with Crippen molar-refractivity contribution in [2.75, 3.05) is 35.7 Å². The van der Waals surface area contributed by atoms with E-state index in [1.54, 1.807) is 43.0 Å². The van der Waals surface area contributed by atoms with Gasteiger partial charge in [-0.2, -0.15) is 11.8 Å². The van der Waals surface area contributed by atoms with E-state index in [4.69, 9.17) is 5.11 Å². The van der Waals surface area contributed by atoms with Gasteiger partial charge >= 0.3 is 0 Å². The van der Waals surface area contributed by atoms with Gasteiger partial charge in [-0.25, -0.2) is 8.42 Å². The minimum Gasteiger partial charge on any atom is -0.396 e. The van der Waals surface area contributed by atoms with E-state index in [1.165, 1.54) is 0 Å². The van der Waals surface area contributed by atoms with Gasteiger partial charge < -0.3 is 10.4 Å². The highest BCUT2D eigenvalue weighted by molar-refractivity contribution is 7.99. The summed E-state index contributed by atoms with van der Waals surface area (Å²) in [6.45, 7) is 2.72. The molecule has 108 valence electrons. The molecule has 0 aliphatic rings. The predicted molar refractivity (Wildman–Crippen MR) is 81.7 cm³/mol. The van der Waals surface area contributed by atoms with E-state index in [0.29, 0.717) is 4.90 Å². The predicted octanol–water partition coefficient (Wildman–Crippen LogP) is 2.01. The standard InChI is InChI=1S/C13H21NO3S2/c1-2-19(16,17)13-6-4-12(5-7-13)14-8-11-18-10-3-9-15/h4-7,14-15H,2-3,8-11H2,1H3. The van der Waals surface area contributed by atoms with Crippen molar-refractivity contribution in [2.24, 2.45) is 0 Å². The molecule has 0 aliphatic carbocycles.